The van der Waals surface area contributed by atoms with Gasteiger partial charge in [-0.15, -0.1) is 0 Å². The Morgan fingerprint density at radius 2 is 1.94 bits per heavy atom. The van der Waals surface area contributed by atoms with Crippen molar-refractivity contribution in [3.8, 4) is 6.07 Å². The predicted octanol–water partition coefficient (Wildman–Crippen LogP) is 2.84. The zero-order chi connectivity index (χ0) is 11.4. The maximum absolute atomic E-state index is 12.7. The van der Waals surface area contributed by atoms with Crippen molar-refractivity contribution in [2.24, 2.45) is 0 Å². The van der Waals surface area contributed by atoms with E-state index in [1.165, 1.54) is 12.1 Å². The molecule has 1 aromatic heterocycles. The van der Waals surface area contributed by atoms with Crippen LogP contribution >= 0.6 is 0 Å². The molecule has 0 aliphatic carbocycles. The average molecular weight is 213 g/mol. The van der Waals surface area contributed by atoms with E-state index in [-0.39, 0.29) is 5.82 Å². The molecule has 0 saturated carbocycles. The van der Waals surface area contributed by atoms with Gasteiger partial charge in [0.25, 0.3) is 0 Å². The van der Waals surface area contributed by atoms with Crippen molar-refractivity contribution in [1.29, 1.82) is 5.26 Å². The standard InChI is InChI=1S/C12H8FN3/c13-10-3-5-11(6-4-10)16-12-9(8-14)2-1-7-15-12/h1-7H,(H,15,16). The summed E-state index contributed by atoms with van der Waals surface area (Å²) in [5, 5.41) is 11.8. The van der Waals surface area contributed by atoms with Gasteiger partial charge >= 0.3 is 0 Å². The van der Waals surface area contributed by atoms with Crippen LogP contribution < -0.4 is 5.32 Å². The monoisotopic (exact) mass is 213 g/mol. The van der Waals surface area contributed by atoms with Gasteiger partial charge in [0.2, 0.25) is 0 Å². The molecular weight excluding hydrogens is 205 g/mol. The largest absolute Gasteiger partial charge is 0.339 e. The van der Waals surface area contributed by atoms with Crippen molar-refractivity contribution in [3.63, 3.8) is 0 Å². The summed E-state index contributed by atoms with van der Waals surface area (Å²) in [5.41, 5.74) is 1.14. The third-order valence-corrected chi connectivity index (χ3v) is 2.04. The van der Waals surface area contributed by atoms with E-state index in [2.05, 4.69) is 10.3 Å². The van der Waals surface area contributed by atoms with Crippen LogP contribution in [0.25, 0.3) is 0 Å². The molecule has 2 rings (SSSR count). The number of rotatable bonds is 2. The normalized spacial score (nSPS) is 9.50. The highest BCUT2D eigenvalue weighted by atomic mass is 19.1. The molecule has 0 atom stereocenters. The Balaban J connectivity index is 2.27. The molecular formula is C12H8FN3. The molecule has 0 spiro atoms. The SMILES string of the molecule is N#Cc1cccnc1Nc1ccc(F)cc1. The number of nitrogens with zero attached hydrogens (tertiary/aromatic N) is 2. The average Bonchev–Trinajstić information content (AvgIpc) is 2.33. The molecule has 0 radical (unpaired) electrons. The van der Waals surface area contributed by atoms with E-state index in [1.807, 2.05) is 6.07 Å². The van der Waals surface area contributed by atoms with Gasteiger partial charge in [0.1, 0.15) is 17.7 Å². The van der Waals surface area contributed by atoms with Gasteiger partial charge in [0, 0.05) is 11.9 Å². The Morgan fingerprint density at radius 1 is 1.19 bits per heavy atom. The van der Waals surface area contributed by atoms with Crippen molar-refractivity contribution in [1.82, 2.24) is 4.98 Å². The van der Waals surface area contributed by atoms with Gasteiger partial charge in [0.15, 0.2) is 0 Å². The van der Waals surface area contributed by atoms with Crippen LogP contribution in [-0.4, -0.2) is 4.98 Å². The van der Waals surface area contributed by atoms with Crippen LogP contribution in [0.15, 0.2) is 42.6 Å². The first-order valence-corrected chi connectivity index (χ1v) is 4.67. The predicted molar refractivity (Wildman–Crippen MR) is 58.6 cm³/mol. The summed E-state index contributed by atoms with van der Waals surface area (Å²) in [4.78, 5) is 4.04. The molecule has 0 aliphatic rings. The quantitative estimate of drug-likeness (QED) is 0.834. The van der Waals surface area contributed by atoms with Crippen LogP contribution in [-0.2, 0) is 0 Å². The summed E-state index contributed by atoms with van der Waals surface area (Å²) in [6.45, 7) is 0. The minimum Gasteiger partial charge on any atom is -0.339 e. The maximum atomic E-state index is 12.7. The summed E-state index contributed by atoms with van der Waals surface area (Å²) >= 11 is 0. The third-order valence-electron chi connectivity index (χ3n) is 2.04. The highest BCUT2D eigenvalue weighted by Crippen LogP contribution is 2.17. The number of benzene rings is 1. The van der Waals surface area contributed by atoms with E-state index in [0.717, 1.165) is 0 Å². The van der Waals surface area contributed by atoms with Crippen LogP contribution in [0.5, 0.6) is 0 Å². The molecule has 4 heteroatoms. The van der Waals surface area contributed by atoms with E-state index in [9.17, 15) is 4.39 Å². The first-order valence-electron chi connectivity index (χ1n) is 4.67. The number of hydrogen-bond donors (Lipinski definition) is 1. The molecule has 0 unspecified atom stereocenters. The fraction of sp³-hybridized carbons (Fsp3) is 0. The number of halogens is 1. The smallest absolute Gasteiger partial charge is 0.148 e. The lowest BCUT2D eigenvalue weighted by molar-refractivity contribution is 0.628. The van der Waals surface area contributed by atoms with Crippen molar-refractivity contribution in [2.75, 3.05) is 5.32 Å². The highest BCUT2D eigenvalue weighted by Gasteiger charge is 2.02. The first kappa shape index (κ1) is 10.1. The van der Waals surface area contributed by atoms with Crippen LogP contribution in [0.3, 0.4) is 0 Å². The molecule has 2 aromatic rings. The Bertz CT molecular complexity index is 529. The van der Waals surface area contributed by atoms with E-state index in [0.29, 0.717) is 17.1 Å². The highest BCUT2D eigenvalue weighted by molar-refractivity contribution is 5.62. The Morgan fingerprint density at radius 3 is 2.62 bits per heavy atom. The first-order chi connectivity index (χ1) is 7.79. The Kier molecular flexibility index (Phi) is 2.79. The lowest BCUT2D eigenvalue weighted by atomic mass is 10.2. The van der Waals surface area contributed by atoms with Crippen molar-refractivity contribution in [3.05, 3.63) is 54.0 Å². The number of nitriles is 1. The molecule has 1 aromatic carbocycles. The number of nitrogens with one attached hydrogen (secondary N) is 1. The molecule has 78 valence electrons. The van der Waals surface area contributed by atoms with Gasteiger partial charge in [0.05, 0.1) is 5.56 Å². The van der Waals surface area contributed by atoms with Crippen molar-refractivity contribution in [2.45, 2.75) is 0 Å². The molecule has 0 bridgehead atoms. The second-order valence-electron chi connectivity index (χ2n) is 3.14. The zero-order valence-electron chi connectivity index (χ0n) is 8.31. The minimum atomic E-state index is -0.299. The van der Waals surface area contributed by atoms with E-state index < -0.39 is 0 Å². The molecule has 0 saturated heterocycles. The Labute approximate surface area is 92.2 Å². The summed E-state index contributed by atoms with van der Waals surface area (Å²) < 4.78 is 12.7. The van der Waals surface area contributed by atoms with Crippen LogP contribution in [0.1, 0.15) is 5.56 Å². The van der Waals surface area contributed by atoms with Crippen LogP contribution in [0, 0.1) is 17.1 Å². The molecule has 0 amide bonds. The second-order valence-corrected chi connectivity index (χ2v) is 3.14. The van der Waals surface area contributed by atoms with Gasteiger partial charge < -0.3 is 5.32 Å². The topological polar surface area (TPSA) is 48.7 Å². The van der Waals surface area contributed by atoms with E-state index in [1.54, 1.807) is 30.5 Å². The van der Waals surface area contributed by atoms with Crippen molar-refractivity contribution < 1.29 is 4.39 Å². The van der Waals surface area contributed by atoms with E-state index >= 15 is 0 Å². The van der Waals surface area contributed by atoms with Gasteiger partial charge in [-0.2, -0.15) is 5.26 Å². The fourth-order valence-electron chi connectivity index (χ4n) is 1.27. The second kappa shape index (κ2) is 4.41. The number of anilines is 2. The van der Waals surface area contributed by atoms with Crippen LogP contribution in [0.2, 0.25) is 0 Å². The Hall–Kier alpha value is -2.41. The van der Waals surface area contributed by atoms with Crippen molar-refractivity contribution >= 4 is 11.5 Å². The van der Waals surface area contributed by atoms with Gasteiger partial charge in [-0.05, 0) is 36.4 Å². The zero-order valence-corrected chi connectivity index (χ0v) is 8.31. The number of pyridine rings is 1. The van der Waals surface area contributed by atoms with Crippen LogP contribution in [0.4, 0.5) is 15.9 Å². The molecule has 16 heavy (non-hydrogen) atoms. The molecule has 1 heterocycles. The molecule has 3 nitrogen and oxygen atoms in total. The third kappa shape index (κ3) is 2.15. The lowest BCUT2D eigenvalue weighted by Crippen LogP contribution is -1.96. The summed E-state index contributed by atoms with van der Waals surface area (Å²) in [5.74, 6) is 0.170. The minimum absolute atomic E-state index is 0.299. The summed E-state index contributed by atoms with van der Waals surface area (Å²) in [6, 6.07) is 11.2. The summed E-state index contributed by atoms with van der Waals surface area (Å²) in [6.07, 6.45) is 1.59. The van der Waals surface area contributed by atoms with Gasteiger partial charge in [-0.1, -0.05) is 0 Å². The lowest BCUT2D eigenvalue weighted by Gasteiger charge is -2.06. The van der Waals surface area contributed by atoms with E-state index in [4.69, 9.17) is 5.26 Å². The molecule has 0 fully saturated rings. The number of hydrogen-bond acceptors (Lipinski definition) is 3. The maximum Gasteiger partial charge on any atom is 0.148 e. The van der Waals surface area contributed by atoms with Gasteiger partial charge in [-0.25, -0.2) is 9.37 Å². The molecule has 1 N–H and O–H groups in total. The number of aromatic nitrogens is 1. The molecule has 0 aliphatic heterocycles. The summed E-state index contributed by atoms with van der Waals surface area (Å²) in [7, 11) is 0. The fourth-order valence-corrected chi connectivity index (χ4v) is 1.27. The van der Waals surface area contributed by atoms with Gasteiger partial charge in [-0.3, -0.25) is 0 Å².